The van der Waals surface area contributed by atoms with Crippen molar-refractivity contribution in [3.63, 3.8) is 0 Å². The summed E-state index contributed by atoms with van der Waals surface area (Å²) in [5.74, 6) is -0.606. The maximum Gasteiger partial charge on any atom is 0.494 e. The Morgan fingerprint density at radius 2 is 1.81 bits per heavy atom. The van der Waals surface area contributed by atoms with Crippen LogP contribution in [-0.2, 0) is 21.1 Å². The molecule has 1 aromatic heterocycles. The van der Waals surface area contributed by atoms with Crippen molar-refractivity contribution in [1.82, 2.24) is 4.57 Å². The van der Waals surface area contributed by atoms with E-state index in [1.54, 1.807) is 30.7 Å². The molecule has 0 radical (unpaired) electrons. The van der Waals surface area contributed by atoms with Crippen molar-refractivity contribution in [3.05, 3.63) is 40.2 Å². The minimum Gasteiger partial charge on any atom is -0.462 e. The highest BCUT2D eigenvalue weighted by Gasteiger charge is 2.51. The minimum atomic E-state index is -0.606. The number of benzene rings is 1. The van der Waals surface area contributed by atoms with Gasteiger partial charge in [-0.2, -0.15) is 0 Å². The number of carbonyl (C=O) groups is 1. The molecule has 26 heavy (non-hydrogen) atoms. The number of carbonyl (C=O) groups excluding carboxylic acids is 1. The molecule has 0 amide bonds. The summed E-state index contributed by atoms with van der Waals surface area (Å²) in [7, 11) is 1.28. The number of nitrogens with zero attached hydrogens (tertiary/aromatic N) is 1. The zero-order valence-electron chi connectivity index (χ0n) is 16.1. The fraction of sp³-hybridized carbons (Fsp3) is 0.474. The molecule has 1 aliphatic heterocycles. The predicted molar refractivity (Wildman–Crippen MR) is 101 cm³/mol. The van der Waals surface area contributed by atoms with E-state index in [0.717, 1.165) is 5.46 Å². The molecule has 1 saturated heterocycles. The van der Waals surface area contributed by atoms with Crippen LogP contribution in [0.4, 0.5) is 0 Å². The molecule has 0 saturated carbocycles. The van der Waals surface area contributed by atoms with E-state index in [4.69, 9.17) is 14.0 Å². The van der Waals surface area contributed by atoms with Crippen LogP contribution in [-0.4, -0.2) is 35.5 Å². The molecule has 1 aromatic carbocycles. The first-order valence-corrected chi connectivity index (χ1v) is 8.73. The van der Waals surface area contributed by atoms with Gasteiger partial charge in [0.05, 0.1) is 23.3 Å². The average molecular weight is 357 g/mol. The van der Waals surface area contributed by atoms with E-state index < -0.39 is 24.3 Å². The summed E-state index contributed by atoms with van der Waals surface area (Å²) in [6.07, 6.45) is 1.51. The molecular formula is C19H24BNO5. The molecule has 0 unspecified atom stereocenters. The highest BCUT2D eigenvalue weighted by Crippen LogP contribution is 2.36. The Bertz CT molecular complexity index is 915. The second kappa shape index (κ2) is 6.25. The number of pyridine rings is 1. The Kier molecular flexibility index (Phi) is 4.49. The Morgan fingerprint density at radius 1 is 1.19 bits per heavy atom. The number of aromatic nitrogens is 1. The number of esters is 1. The molecule has 6 nitrogen and oxygen atoms in total. The summed E-state index contributed by atoms with van der Waals surface area (Å²) in [6.45, 7) is 9.91. The largest absolute Gasteiger partial charge is 0.494 e. The zero-order valence-corrected chi connectivity index (χ0v) is 16.1. The summed E-state index contributed by atoms with van der Waals surface area (Å²) in [5.41, 5.74) is 0.353. The van der Waals surface area contributed by atoms with E-state index >= 15 is 0 Å². The fourth-order valence-electron chi connectivity index (χ4n) is 2.98. The van der Waals surface area contributed by atoms with Crippen molar-refractivity contribution in [2.75, 3.05) is 6.61 Å². The SMILES string of the molecule is CCOC(=O)c1cn(C)c2cc(B3OC(C)(C)C(C)(C)O3)ccc2c1=O. The lowest BCUT2D eigenvalue weighted by atomic mass is 9.78. The van der Waals surface area contributed by atoms with Gasteiger partial charge in [-0.15, -0.1) is 0 Å². The van der Waals surface area contributed by atoms with E-state index in [-0.39, 0.29) is 17.6 Å². The number of hydrogen-bond donors (Lipinski definition) is 0. The van der Waals surface area contributed by atoms with Gasteiger partial charge in [0, 0.05) is 18.6 Å². The molecule has 7 heteroatoms. The van der Waals surface area contributed by atoms with Crippen molar-refractivity contribution in [3.8, 4) is 0 Å². The molecule has 0 spiro atoms. The maximum atomic E-state index is 12.7. The van der Waals surface area contributed by atoms with Gasteiger partial charge in [0.25, 0.3) is 0 Å². The lowest BCUT2D eigenvalue weighted by Crippen LogP contribution is -2.41. The third-order valence-corrected chi connectivity index (χ3v) is 5.23. The summed E-state index contributed by atoms with van der Waals surface area (Å²) in [5, 5.41) is 0.457. The molecule has 2 aromatic rings. The van der Waals surface area contributed by atoms with Crippen LogP contribution in [0.25, 0.3) is 10.9 Å². The number of aryl methyl sites for hydroxylation is 1. The second-order valence-electron chi connectivity index (χ2n) is 7.57. The lowest BCUT2D eigenvalue weighted by molar-refractivity contribution is 0.00578. The van der Waals surface area contributed by atoms with Crippen molar-refractivity contribution >= 4 is 29.5 Å². The van der Waals surface area contributed by atoms with Gasteiger partial charge in [-0.25, -0.2) is 4.79 Å². The standard InChI is InChI=1S/C19H24BNO5/c1-7-24-17(23)14-11-21(6)15-10-12(8-9-13(15)16(14)22)20-25-18(2,3)19(4,5)26-20/h8-11H,7H2,1-6H3. The Balaban J connectivity index is 2.06. The fourth-order valence-corrected chi connectivity index (χ4v) is 2.98. The first-order chi connectivity index (χ1) is 12.1. The van der Waals surface area contributed by atoms with Crippen LogP contribution in [0.3, 0.4) is 0 Å². The Morgan fingerprint density at radius 3 is 2.38 bits per heavy atom. The first-order valence-electron chi connectivity index (χ1n) is 8.73. The zero-order chi connectivity index (χ0) is 19.3. The van der Waals surface area contributed by atoms with E-state index in [1.165, 1.54) is 6.20 Å². The normalized spacial score (nSPS) is 18.3. The van der Waals surface area contributed by atoms with Gasteiger partial charge in [-0.05, 0) is 52.2 Å². The minimum absolute atomic E-state index is 0.0326. The lowest BCUT2D eigenvalue weighted by Gasteiger charge is -2.32. The third kappa shape index (κ3) is 2.95. The van der Waals surface area contributed by atoms with Crippen molar-refractivity contribution < 1.29 is 18.8 Å². The van der Waals surface area contributed by atoms with E-state index in [2.05, 4.69) is 0 Å². The van der Waals surface area contributed by atoms with E-state index in [0.29, 0.717) is 10.9 Å². The molecule has 0 bridgehead atoms. The van der Waals surface area contributed by atoms with Crippen LogP contribution in [0.5, 0.6) is 0 Å². The first kappa shape index (κ1) is 18.7. The smallest absolute Gasteiger partial charge is 0.462 e. The van der Waals surface area contributed by atoms with E-state index in [1.807, 2.05) is 33.8 Å². The Labute approximate surface area is 153 Å². The molecular weight excluding hydrogens is 333 g/mol. The summed E-state index contributed by atoms with van der Waals surface area (Å²) in [4.78, 5) is 24.7. The van der Waals surface area contributed by atoms with E-state index in [9.17, 15) is 9.59 Å². The van der Waals surface area contributed by atoms with Gasteiger partial charge in [-0.3, -0.25) is 4.79 Å². The number of rotatable bonds is 3. The maximum absolute atomic E-state index is 12.7. The number of hydrogen-bond acceptors (Lipinski definition) is 5. The molecule has 1 aliphatic rings. The third-order valence-electron chi connectivity index (χ3n) is 5.23. The highest BCUT2D eigenvalue weighted by atomic mass is 16.7. The van der Waals surface area contributed by atoms with Gasteiger partial charge in [0.2, 0.25) is 5.43 Å². The molecule has 138 valence electrons. The van der Waals surface area contributed by atoms with Crippen molar-refractivity contribution in [1.29, 1.82) is 0 Å². The topological polar surface area (TPSA) is 66.8 Å². The molecule has 0 atom stereocenters. The monoisotopic (exact) mass is 357 g/mol. The van der Waals surface area contributed by atoms with Gasteiger partial charge in [0.15, 0.2) is 0 Å². The Hall–Kier alpha value is -2.12. The van der Waals surface area contributed by atoms with Gasteiger partial charge in [-0.1, -0.05) is 6.07 Å². The molecule has 1 fully saturated rings. The summed E-state index contributed by atoms with van der Waals surface area (Å²) in [6, 6.07) is 5.38. The average Bonchev–Trinajstić information content (AvgIpc) is 2.78. The quantitative estimate of drug-likeness (QED) is 0.621. The number of fused-ring (bicyclic) bond motifs is 1. The molecule has 3 rings (SSSR count). The van der Waals surface area contributed by atoms with Gasteiger partial charge in [0.1, 0.15) is 5.56 Å². The summed E-state index contributed by atoms with van der Waals surface area (Å²) >= 11 is 0. The summed E-state index contributed by atoms with van der Waals surface area (Å²) < 4.78 is 18.9. The van der Waals surface area contributed by atoms with Crippen molar-refractivity contribution in [2.45, 2.75) is 45.8 Å². The highest BCUT2D eigenvalue weighted by molar-refractivity contribution is 6.62. The number of ether oxygens (including phenoxy) is 1. The van der Waals surface area contributed by atoms with Gasteiger partial charge < -0.3 is 18.6 Å². The van der Waals surface area contributed by atoms with Crippen LogP contribution in [0.2, 0.25) is 0 Å². The molecule has 2 heterocycles. The molecule has 0 aliphatic carbocycles. The molecule has 0 N–H and O–H groups in total. The van der Waals surface area contributed by atoms with Crippen LogP contribution < -0.4 is 10.9 Å². The second-order valence-corrected chi connectivity index (χ2v) is 7.57. The van der Waals surface area contributed by atoms with Crippen LogP contribution >= 0.6 is 0 Å². The van der Waals surface area contributed by atoms with Crippen LogP contribution in [0, 0.1) is 0 Å². The van der Waals surface area contributed by atoms with Crippen LogP contribution in [0.15, 0.2) is 29.2 Å². The van der Waals surface area contributed by atoms with Crippen molar-refractivity contribution in [2.24, 2.45) is 7.05 Å². The predicted octanol–water partition coefficient (Wildman–Crippen LogP) is 2.01. The van der Waals surface area contributed by atoms with Gasteiger partial charge >= 0.3 is 13.1 Å². The van der Waals surface area contributed by atoms with Crippen LogP contribution in [0.1, 0.15) is 45.0 Å².